The van der Waals surface area contributed by atoms with E-state index < -0.39 is 0 Å². The van der Waals surface area contributed by atoms with Crippen molar-refractivity contribution in [3.63, 3.8) is 0 Å². The summed E-state index contributed by atoms with van der Waals surface area (Å²) in [7, 11) is 0. The molecule has 0 fully saturated rings. The van der Waals surface area contributed by atoms with Crippen LogP contribution in [0.25, 0.3) is 0 Å². The molecular weight excluding hydrogens is 355 g/mol. The Morgan fingerprint density at radius 2 is 2.05 bits per heavy atom. The second-order valence-corrected chi connectivity index (χ2v) is 5.13. The van der Waals surface area contributed by atoms with E-state index in [1.165, 1.54) is 30.5 Å². The van der Waals surface area contributed by atoms with Gasteiger partial charge >= 0.3 is 0 Å². The number of hydrogen-bond donors (Lipinski definition) is 2. The average Bonchev–Trinajstić information content (AvgIpc) is 2.49. The lowest BCUT2D eigenvalue weighted by Gasteiger charge is -2.09. The van der Waals surface area contributed by atoms with E-state index in [9.17, 15) is 9.18 Å². The quantitative estimate of drug-likeness (QED) is 0.483. The van der Waals surface area contributed by atoms with Crippen LogP contribution < -0.4 is 10.1 Å². The largest absolute Gasteiger partial charge is 0.483 e. The average molecular weight is 367 g/mol. The topological polar surface area (TPSA) is 70.9 Å². The number of ether oxygens (including phenoxy) is 1. The lowest BCUT2D eigenvalue weighted by atomic mass is 10.2. The minimum absolute atomic E-state index is 0.191. The first kappa shape index (κ1) is 16.0. The Bertz CT molecular complexity index is 690. The molecule has 0 aliphatic heterocycles. The van der Waals surface area contributed by atoms with Gasteiger partial charge in [0, 0.05) is 5.69 Å². The summed E-state index contributed by atoms with van der Waals surface area (Å²) in [4.78, 5) is 11.8. The number of carbonyl (C=O) groups excluding carboxylic acids is 1. The molecule has 22 heavy (non-hydrogen) atoms. The van der Waals surface area contributed by atoms with Gasteiger partial charge in [0.05, 0.1) is 10.7 Å². The van der Waals surface area contributed by atoms with Crippen molar-refractivity contribution in [2.45, 2.75) is 0 Å². The second-order valence-electron chi connectivity index (χ2n) is 4.28. The van der Waals surface area contributed by atoms with E-state index in [1.807, 2.05) is 0 Å². The second kappa shape index (κ2) is 7.56. The van der Waals surface area contributed by atoms with Gasteiger partial charge in [0.1, 0.15) is 11.6 Å². The summed E-state index contributed by atoms with van der Waals surface area (Å²) in [5.74, 6) is -0.256. The van der Waals surface area contributed by atoms with Gasteiger partial charge in [-0.05, 0) is 64.0 Å². The summed E-state index contributed by atoms with van der Waals surface area (Å²) in [6.07, 6.45) is 1.27. The van der Waals surface area contributed by atoms with Crippen LogP contribution in [0.3, 0.4) is 0 Å². The number of benzene rings is 2. The molecule has 7 heteroatoms. The number of amides is 1. The third-order valence-corrected chi connectivity index (χ3v) is 3.27. The van der Waals surface area contributed by atoms with Crippen LogP contribution in [0.5, 0.6) is 5.75 Å². The fourth-order valence-corrected chi connectivity index (χ4v) is 2.17. The van der Waals surface area contributed by atoms with Crippen molar-refractivity contribution < 1.29 is 19.1 Å². The summed E-state index contributed by atoms with van der Waals surface area (Å²) in [6.45, 7) is -0.191. The molecular formula is C15H12BrFN2O3. The third-order valence-electron chi connectivity index (χ3n) is 2.65. The molecule has 0 aliphatic carbocycles. The molecule has 0 saturated carbocycles. The lowest BCUT2D eigenvalue weighted by Crippen LogP contribution is -2.20. The van der Waals surface area contributed by atoms with Gasteiger partial charge in [-0.3, -0.25) is 4.79 Å². The van der Waals surface area contributed by atoms with Gasteiger partial charge < -0.3 is 15.3 Å². The van der Waals surface area contributed by atoms with E-state index >= 15 is 0 Å². The molecule has 1 amide bonds. The zero-order valence-electron chi connectivity index (χ0n) is 11.3. The Morgan fingerprint density at radius 1 is 1.32 bits per heavy atom. The molecule has 5 nitrogen and oxygen atoms in total. The van der Waals surface area contributed by atoms with Crippen molar-refractivity contribution in [2.75, 3.05) is 11.9 Å². The summed E-state index contributed by atoms with van der Waals surface area (Å²) >= 11 is 3.30. The summed E-state index contributed by atoms with van der Waals surface area (Å²) in [6, 6.07) is 10.5. The first-order valence-corrected chi connectivity index (χ1v) is 7.03. The van der Waals surface area contributed by atoms with Crippen LogP contribution in [-0.2, 0) is 4.79 Å². The number of anilines is 1. The highest BCUT2D eigenvalue weighted by Crippen LogP contribution is 2.25. The minimum Gasteiger partial charge on any atom is -0.483 e. The van der Waals surface area contributed by atoms with Crippen LogP contribution in [0.1, 0.15) is 5.56 Å². The number of nitrogens with one attached hydrogen (secondary N) is 1. The number of oxime groups is 1. The van der Waals surface area contributed by atoms with Gasteiger partial charge in [-0.1, -0.05) is 5.16 Å². The van der Waals surface area contributed by atoms with Gasteiger partial charge in [0.25, 0.3) is 5.91 Å². The molecule has 0 radical (unpaired) electrons. The number of halogens is 2. The van der Waals surface area contributed by atoms with E-state index in [0.29, 0.717) is 21.5 Å². The zero-order chi connectivity index (χ0) is 15.9. The maximum atomic E-state index is 12.8. The van der Waals surface area contributed by atoms with Gasteiger partial charge in [0.2, 0.25) is 0 Å². The predicted molar refractivity (Wildman–Crippen MR) is 84.0 cm³/mol. The highest BCUT2D eigenvalue weighted by atomic mass is 79.9. The Kier molecular flexibility index (Phi) is 5.48. The van der Waals surface area contributed by atoms with Crippen molar-refractivity contribution in [3.8, 4) is 5.75 Å². The van der Waals surface area contributed by atoms with Gasteiger partial charge in [0.15, 0.2) is 6.61 Å². The summed E-state index contributed by atoms with van der Waals surface area (Å²) in [5, 5.41) is 14.0. The Labute approximate surface area is 134 Å². The molecule has 0 spiro atoms. The van der Waals surface area contributed by atoms with Crippen molar-refractivity contribution in [2.24, 2.45) is 5.16 Å². The van der Waals surface area contributed by atoms with Crippen LogP contribution >= 0.6 is 15.9 Å². The van der Waals surface area contributed by atoms with Gasteiger partial charge in [-0.25, -0.2) is 4.39 Å². The molecule has 2 N–H and O–H groups in total. The Balaban J connectivity index is 1.92. The lowest BCUT2D eigenvalue weighted by molar-refractivity contribution is -0.118. The normalized spacial score (nSPS) is 10.6. The molecule has 0 heterocycles. The zero-order valence-corrected chi connectivity index (χ0v) is 12.9. The maximum Gasteiger partial charge on any atom is 0.262 e. The van der Waals surface area contributed by atoms with Crippen LogP contribution in [0.2, 0.25) is 0 Å². The SMILES string of the molecule is O=C(COc1ccc(C=NO)cc1Br)Nc1ccc(F)cc1. The summed E-state index contributed by atoms with van der Waals surface area (Å²) < 4.78 is 18.8. The fraction of sp³-hybridized carbons (Fsp3) is 0.0667. The molecule has 0 atom stereocenters. The minimum atomic E-state index is -0.371. The molecule has 114 valence electrons. The predicted octanol–water partition coefficient (Wildman–Crippen LogP) is 3.41. The fourth-order valence-electron chi connectivity index (χ4n) is 1.65. The smallest absolute Gasteiger partial charge is 0.262 e. The van der Waals surface area contributed by atoms with Crippen molar-refractivity contribution in [1.29, 1.82) is 0 Å². The van der Waals surface area contributed by atoms with Crippen LogP contribution in [-0.4, -0.2) is 23.9 Å². The number of carbonyl (C=O) groups is 1. The highest BCUT2D eigenvalue weighted by molar-refractivity contribution is 9.10. The van der Waals surface area contributed by atoms with Crippen molar-refractivity contribution in [1.82, 2.24) is 0 Å². The molecule has 0 aliphatic rings. The molecule has 2 rings (SSSR count). The Morgan fingerprint density at radius 3 is 2.68 bits per heavy atom. The molecule has 2 aromatic rings. The van der Waals surface area contributed by atoms with E-state index in [2.05, 4.69) is 26.4 Å². The monoisotopic (exact) mass is 366 g/mol. The van der Waals surface area contributed by atoms with Crippen molar-refractivity contribution >= 4 is 33.7 Å². The number of nitrogens with zero attached hydrogens (tertiary/aromatic N) is 1. The van der Waals surface area contributed by atoms with Gasteiger partial charge in [-0.2, -0.15) is 0 Å². The van der Waals surface area contributed by atoms with Crippen LogP contribution in [0.15, 0.2) is 52.1 Å². The third kappa shape index (κ3) is 4.56. The summed E-state index contributed by atoms with van der Waals surface area (Å²) in [5.41, 5.74) is 1.17. The van der Waals surface area contributed by atoms with E-state index in [-0.39, 0.29) is 18.3 Å². The van der Waals surface area contributed by atoms with E-state index in [4.69, 9.17) is 9.94 Å². The molecule has 2 aromatic carbocycles. The number of rotatable bonds is 5. The maximum absolute atomic E-state index is 12.8. The van der Waals surface area contributed by atoms with E-state index in [1.54, 1.807) is 18.2 Å². The Hall–Kier alpha value is -2.41. The molecule has 0 aromatic heterocycles. The first-order valence-electron chi connectivity index (χ1n) is 6.23. The molecule has 0 saturated heterocycles. The van der Waals surface area contributed by atoms with Crippen LogP contribution in [0, 0.1) is 5.82 Å². The highest BCUT2D eigenvalue weighted by Gasteiger charge is 2.07. The standard InChI is InChI=1S/C15H12BrFN2O3/c16-13-7-10(8-18-21)1-6-14(13)22-9-15(20)19-12-4-2-11(17)3-5-12/h1-8,21H,9H2,(H,19,20). The van der Waals surface area contributed by atoms with Crippen molar-refractivity contribution in [3.05, 3.63) is 58.3 Å². The first-order chi connectivity index (χ1) is 10.6. The molecule has 0 unspecified atom stereocenters. The number of hydrogen-bond acceptors (Lipinski definition) is 4. The van der Waals surface area contributed by atoms with Crippen LogP contribution in [0.4, 0.5) is 10.1 Å². The van der Waals surface area contributed by atoms with Gasteiger partial charge in [-0.15, -0.1) is 0 Å². The van der Waals surface area contributed by atoms with E-state index in [0.717, 1.165) is 0 Å². The molecule has 0 bridgehead atoms.